The van der Waals surface area contributed by atoms with Gasteiger partial charge in [0, 0.05) is 6.08 Å². The summed E-state index contributed by atoms with van der Waals surface area (Å²) in [5.74, 6) is -0.229. The molecule has 1 amide bonds. The van der Waals surface area contributed by atoms with Gasteiger partial charge in [-0.3, -0.25) is 4.79 Å². The quantitative estimate of drug-likeness (QED) is 0.409. The summed E-state index contributed by atoms with van der Waals surface area (Å²) in [6.07, 6.45) is 1.93. The Morgan fingerprint density at radius 1 is 1.86 bits per heavy atom. The van der Waals surface area contributed by atoms with Crippen LogP contribution in [0.2, 0.25) is 0 Å². The van der Waals surface area contributed by atoms with Crippen molar-refractivity contribution in [1.82, 2.24) is 5.32 Å². The van der Waals surface area contributed by atoms with Crippen LogP contribution in [0, 0.1) is 0 Å². The van der Waals surface area contributed by atoms with Crippen LogP contribution in [0.3, 0.4) is 0 Å². The minimum atomic E-state index is -0.757. The van der Waals surface area contributed by atoms with Gasteiger partial charge in [-0.15, -0.1) is 0 Å². The fourth-order valence-electron chi connectivity index (χ4n) is 0.421. The van der Waals surface area contributed by atoms with Gasteiger partial charge in [0.1, 0.15) is 6.23 Å². The van der Waals surface area contributed by atoms with Crippen LogP contribution in [0.5, 0.6) is 0 Å². The van der Waals surface area contributed by atoms with Crippen molar-refractivity contribution in [1.29, 1.82) is 0 Å². The first kappa shape index (κ1) is 4.33. The van der Waals surface area contributed by atoms with Gasteiger partial charge in [-0.05, 0) is 6.08 Å². The van der Waals surface area contributed by atoms with E-state index in [0.717, 1.165) is 0 Å². The highest BCUT2D eigenvalue weighted by molar-refractivity contribution is 5.90. The molecule has 1 heterocycles. The second kappa shape index (κ2) is 1.35. The monoisotopic (exact) mass is 99.0 g/mol. The summed E-state index contributed by atoms with van der Waals surface area (Å²) in [4.78, 5) is 10.1. The van der Waals surface area contributed by atoms with Crippen LogP contribution >= 0.6 is 0 Å². The summed E-state index contributed by atoms with van der Waals surface area (Å²) in [5, 5.41) is 10.7. The number of rotatable bonds is 0. The number of aliphatic hydroxyl groups is 1. The van der Waals surface area contributed by atoms with E-state index >= 15 is 0 Å². The Kier molecular flexibility index (Phi) is 0.834. The lowest BCUT2D eigenvalue weighted by molar-refractivity contribution is -0.117. The SMILES string of the molecule is O=C1C=C[C@@H](O)N1. The van der Waals surface area contributed by atoms with Crippen molar-refractivity contribution in [2.24, 2.45) is 0 Å². The van der Waals surface area contributed by atoms with E-state index in [1.165, 1.54) is 12.2 Å². The molecule has 2 N–H and O–H groups in total. The number of carbonyl (C=O) groups is 1. The molecule has 0 unspecified atom stereocenters. The van der Waals surface area contributed by atoms with Crippen molar-refractivity contribution in [3.05, 3.63) is 12.2 Å². The first-order chi connectivity index (χ1) is 3.29. The molecule has 38 valence electrons. The molecule has 0 aromatic carbocycles. The minimum absolute atomic E-state index is 0.229. The first-order valence-corrected chi connectivity index (χ1v) is 1.96. The van der Waals surface area contributed by atoms with E-state index in [2.05, 4.69) is 5.32 Å². The van der Waals surface area contributed by atoms with E-state index in [1.807, 2.05) is 0 Å². The van der Waals surface area contributed by atoms with Crippen molar-refractivity contribution >= 4 is 5.91 Å². The van der Waals surface area contributed by atoms with E-state index < -0.39 is 6.23 Å². The molecule has 1 aliphatic rings. The molecule has 3 heteroatoms. The molecule has 7 heavy (non-hydrogen) atoms. The van der Waals surface area contributed by atoms with Gasteiger partial charge in [-0.25, -0.2) is 0 Å². The fraction of sp³-hybridized carbons (Fsp3) is 0.250. The third kappa shape index (κ3) is 0.778. The number of nitrogens with one attached hydrogen (secondary N) is 1. The van der Waals surface area contributed by atoms with Crippen molar-refractivity contribution in [2.75, 3.05) is 0 Å². The number of amides is 1. The van der Waals surface area contributed by atoms with Crippen LogP contribution < -0.4 is 5.32 Å². The molecule has 0 aromatic rings. The molecule has 0 fully saturated rings. The molecule has 0 aromatic heterocycles. The van der Waals surface area contributed by atoms with Gasteiger partial charge >= 0.3 is 0 Å². The standard InChI is InChI=1S/C4H5NO2/c6-3-1-2-4(7)5-3/h1-3,6H,(H,5,7)/t3-/m1/s1. The maximum absolute atomic E-state index is 10.1. The zero-order chi connectivity index (χ0) is 5.28. The average Bonchev–Trinajstić information content (AvgIpc) is 1.87. The zero-order valence-electron chi connectivity index (χ0n) is 3.59. The lowest BCUT2D eigenvalue weighted by Gasteiger charge is -1.94. The predicted molar refractivity (Wildman–Crippen MR) is 23.3 cm³/mol. The molecule has 0 saturated carbocycles. The molecular weight excluding hydrogens is 94.0 g/mol. The van der Waals surface area contributed by atoms with Gasteiger partial charge in [-0.2, -0.15) is 0 Å². The Morgan fingerprint density at radius 3 is 2.71 bits per heavy atom. The lowest BCUT2D eigenvalue weighted by Crippen LogP contribution is -2.25. The third-order valence-electron chi connectivity index (χ3n) is 0.720. The van der Waals surface area contributed by atoms with Gasteiger partial charge < -0.3 is 10.4 Å². The highest BCUT2D eigenvalue weighted by Crippen LogP contribution is 1.88. The summed E-state index contributed by atoms with van der Waals surface area (Å²) >= 11 is 0. The fourth-order valence-corrected chi connectivity index (χ4v) is 0.421. The molecule has 0 aliphatic carbocycles. The number of carbonyl (C=O) groups excluding carboxylic acids is 1. The van der Waals surface area contributed by atoms with Crippen LogP contribution in [0.1, 0.15) is 0 Å². The Labute approximate surface area is 40.6 Å². The Balaban J connectivity index is 2.58. The largest absolute Gasteiger partial charge is 0.370 e. The maximum atomic E-state index is 10.1. The van der Waals surface area contributed by atoms with Crippen molar-refractivity contribution in [3.63, 3.8) is 0 Å². The van der Waals surface area contributed by atoms with Gasteiger partial charge in [0.05, 0.1) is 0 Å². The normalized spacial score (nSPS) is 28.1. The number of hydrogen-bond acceptors (Lipinski definition) is 2. The molecule has 0 radical (unpaired) electrons. The number of aliphatic hydroxyl groups excluding tert-OH is 1. The van der Waals surface area contributed by atoms with E-state index in [1.54, 1.807) is 0 Å². The summed E-state index contributed by atoms with van der Waals surface area (Å²) in [6.45, 7) is 0. The highest BCUT2D eigenvalue weighted by Gasteiger charge is 2.07. The van der Waals surface area contributed by atoms with Crippen LogP contribution in [0.4, 0.5) is 0 Å². The Bertz CT molecular complexity index is 119. The molecule has 3 nitrogen and oxygen atoms in total. The lowest BCUT2D eigenvalue weighted by atomic mass is 10.5. The first-order valence-electron chi connectivity index (χ1n) is 1.96. The van der Waals surface area contributed by atoms with Crippen LogP contribution in [-0.2, 0) is 4.79 Å². The smallest absolute Gasteiger partial charge is 0.246 e. The molecule has 0 saturated heterocycles. The molecule has 0 spiro atoms. The van der Waals surface area contributed by atoms with Crippen molar-refractivity contribution in [2.45, 2.75) is 6.23 Å². The van der Waals surface area contributed by atoms with E-state index in [-0.39, 0.29) is 5.91 Å². The van der Waals surface area contributed by atoms with Gasteiger partial charge in [0.2, 0.25) is 5.91 Å². The van der Waals surface area contributed by atoms with Gasteiger partial charge in [-0.1, -0.05) is 0 Å². The summed E-state index contributed by atoms with van der Waals surface area (Å²) in [5.41, 5.74) is 0. The van der Waals surface area contributed by atoms with Crippen LogP contribution in [0.25, 0.3) is 0 Å². The predicted octanol–water partition coefficient (Wildman–Crippen LogP) is -1.01. The van der Waals surface area contributed by atoms with E-state index in [9.17, 15) is 4.79 Å². The van der Waals surface area contributed by atoms with Gasteiger partial charge in [0.25, 0.3) is 0 Å². The third-order valence-corrected chi connectivity index (χ3v) is 0.720. The molecular formula is C4H5NO2. The molecule has 1 atom stereocenters. The second-order valence-electron chi connectivity index (χ2n) is 1.31. The van der Waals surface area contributed by atoms with Crippen LogP contribution in [-0.4, -0.2) is 17.2 Å². The zero-order valence-corrected chi connectivity index (χ0v) is 3.59. The summed E-state index contributed by atoms with van der Waals surface area (Å²) < 4.78 is 0. The summed E-state index contributed by atoms with van der Waals surface area (Å²) in [7, 11) is 0. The minimum Gasteiger partial charge on any atom is -0.370 e. The second-order valence-corrected chi connectivity index (χ2v) is 1.31. The molecule has 1 aliphatic heterocycles. The average molecular weight is 99.1 g/mol. The number of hydrogen-bond donors (Lipinski definition) is 2. The van der Waals surface area contributed by atoms with E-state index in [4.69, 9.17) is 5.11 Å². The molecule has 0 bridgehead atoms. The maximum Gasteiger partial charge on any atom is 0.246 e. The van der Waals surface area contributed by atoms with E-state index in [0.29, 0.717) is 0 Å². The topological polar surface area (TPSA) is 49.3 Å². The highest BCUT2D eigenvalue weighted by atomic mass is 16.3. The van der Waals surface area contributed by atoms with Crippen molar-refractivity contribution in [3.8, 4) is 0 Å². The summed E-state index contributed by atoms with van der Waals surface area (Å²) in [6, 6.07) is 0. The van der Waals surface area contributed by atoms with Crippen LogP contribution in [0.15, 0.2) is 12.2 Å². The Morgan fingerprint density at radius 2 is 2.57 bits per heavy atom. The van der Waals surface area contributed by atoms with Gasteiger partial charge in [0.15, 0.2) is 0 Å². The molecule has 1 rings (SSSR count). The van der Waals surface area contributed by atoms with Crippen molar-refractivity contribution < 1.29 is 9.90 Å². The Hall–Kier alpha value is -0.830.